The summed E-state index contributed by atoms with van der Waals surface area (Å²) < 4.78 is 87.4. The molecule has 0 spiro atoms. The number of benzene rings is 1. The normalized spacial score (nSPS) is 45.5. The molecule has 7 fully saturated rings. The van der Waals surface area contributed by atoms with Crippen LogP contribution in [0.2, 0.25) is 0 Å². The summed E-state index contributed by atoms with van der Waals surface area (Å²) in [5.74, 6) is -2.03. The minimum Gasteiger partial charge on any atom is -0.458 e. The van der Waals surface area contributed by atoms with E-state index in [0.29, 0.717) is 32.1 Å². The highest BCUT2D eigenvalue weighted by Crippen LogP contribution is 2.71. The highest BCUT2D eigenvalue weighted by molar-refractivity contribution is 5.89. The van der Waals surface area contributed by atoms with Gasteiger partial charge in [-0.1, -0.05) is 55.8 Å². The van der Waals surface area contributed by atoms with Gasteiger partial charge >= 0.3 is 11.9 Å². The molecule has 4 aliphatic heterocycles. The summed E-state index contributed by atoms with van der Waals surface area (Å²) in [5.41, 5.74) is -6.17. The lowest BCUT2D eigenvalue weighted by Gasteiger charge is -2.67. The highest BCUT2D eigenvalue weighted by atomic mass is 16.8. The van der Waals surface area contributed by atoms with E-state index >= 15 is 0 Å². The first kappa shape index (κ1) is 65.1. The number of hydrogen-bond acceptors (Lipinski definition) is 22. The number of methoxy groups -OCH3 is 4. The number of fused-ring (bicyclic) bond motifs is 5. The van der Waals surface area contributed by atoms with E-state index in [-0.39, 0.29) is 43.8 Å². The van der Waals surface area contributed by atoms with Crippen molar-refractivity contribution in [1.82, 2.24) is 4.98 Å². The van der Waals surface area contributed by atoms with E-state index in [2.05, 4.69) is 11.9 Å². The molecule has 22 heteroatoms. The maximum atomic E-state index is 14.0. The minimum absolute atomic E-state index is 0.0559. The molecule has 10 rings (SSSR count). The summed E-state index contributed by atoms with van der Waals surface area (Å²) in [6.45, 7) is 12.7. The lowest BCUT2D eigenvalue weighted by atomic mass is 9.42. The van der Waals surface area contributed by atoms with Gasteiger partial charge in [-0.2, -0.15) is 0 Å². The molecule has 1 aromatic heterocycles. The van der Waals surface area contributed by atoms with Gasteiger partial charge < -0.3 is 91.8 Å². The average Bonchev–Trinajstić information content (AvgIpc) is 1.37. The topological polar surface area (TPSA) is 277 Å². The second kappa shape index (κ2) is 26.1. The molecule has 1 aromatic carbocycles. The number of aromatic nitrogens is 1. The number of hydrogen-bond donors (Lipinski definition) is 5. The van der Waals surface area contributed by atoms with Crippen LogP contribution in [0.3, 0.4) is 0 Å². The van der Waals surface area contributed by atoms with Gasteiger partial charge in [0.05, 0.1) is 59.8 Å². The van der Waals surface area contributed by atoms with Crippen LogP contribution in [-0.2, 0) is 71.1 Å². The molecule has 86 heavy (non-hydrogen) atoms. The monoisotopic (exact) mass is 1210 g/mol. The van der Waals surface area contributed by atoms with Crippen molar-refractivity contribution in [2.24, 2.45) is 16.7 Å². The molecule has 0 radical (unpaired) electrons. The van der Waals surface area contributed by atoms with Crippen LogP contribution in [0.15, 0.2) is 72.6 Å². The van der Waals surface area contributed by atoms with Crippen molar-refractivity contribution in [2.45, 2.75) is 252 Å². The molecule has 0 bridgehead atoms. The molecule has 8 aliphatic rings. The summed E-state index contributed by atoms with van der Waals surface area (Å²) in [7, 11) is 6.24. The third-order valence-electron chi connectivity index (χ3n) is 21.0. The predicted octanol–water partition coefficient (Wildman–Crippen LogP) is 5.26. The van der Waals surface area contributed by atoms with Crippen molar-refractivity contribution in [2.75, 3.05) is 28.4 Å². The first-order valence-corrected chi connectivity index (χ1v) is 30.6. The Hall–Kier alpha value is -3.89. The van der Waals surface area contributed by atoms with Crippen LogP contribution in [0.5, 0.6) is 0 Å². The Bertz CT molecular complexity index is 2690. The predicted molar refractivity (Wildman–Crippen MR) is 305 cm³/mol. The number of carbonyl (C=O) groups excluding carboxylic acids is 2. The molecule has 478 valence electrons. The third-order valence-corrected chi connectivity index (χ3v) is 21.0. The Morgan fingerprint density at radius 1 is 0.686 bits per heavy atom. The minimum atomic E-state index is -2.02. The number of pyridine rings is 1. The van der Waals surface area contributed by atoms with Crippen molar-refractivity contribution >= 4 is 18.0 Å². The van der Waals surface area contributed by atoms with Gasteiger partial charge in [-0.15, -0.1) is 0 Å². The number of nitrogens with zero attached hydrogens (tertiary/aromatic N) is 1. The van der Waals surface area contributed by atoms with Crippen molar-refractivity contribution in [3.05, 3.63) is 83.7 Å². The molecule has 0 amide bonds. The first-order chi connectivity index (χ1) is 40.9. The number of rotatable bonds is 18. The Balaban J connectivity index is 0.776. The zero-order valence-electron chi connectivity index (χ0n) is 51.3. The molecule has 26 atom stereocenters. The summed E-state index contributed by atoms with van der Waals surface area (Å²) in [6, 6.07) is 12.5. The van der Waals surface area contributed by atoms with E-state index in [1.165, 1.54) is 25.6 Å². The molecule has 5 N–H and O–H groups in total. The van der Waals surface area contributed by atoms with Gasteiger partial charge in [0.1, 0.15) is 65.6 Å². The van der Waals surface area contributed by atoms with Crippen molar-refractivity contribution in [3.63, 3.8) is 0 Å². The zero-order chi connectivity index (χ0) is 61.7. The smallest absolute Gasteiger partial charge is 0.340 e. The Morgan fingerprint density at radius 2 is 1.28 bits per heavy atom. The largest absolute Gasteiger partial charge is 0.458 e. The van der Waals surface area contributed by atoms with Crippen LogP contribution in [0.1, 0.15) is 129 Å². The number of carbonyl (C=O) groups is 2. The molecule has 4 aliphatic carbocycles. The van der Waals surface area contributed by atoms with E-state index in [9.17, 15) is 35.1 Å². The second-order valence-electron chi connectivity index (χ2n) is 25.5. The molecule has 5 heterocycles. The quantitative estimate of drug-likeness (QED) is 0.0723. The number of aliphatic hydroxyl groups is 5. The SMILES string of the molecule is CO[C@@H]1[C@@H](O)[C@H](O[C@@H]2[C@@H](C)O[C@@H](O[C@H]3[C@@H](OC)C[C@H](O[C@H]4[C@@H](OC)C[C@H](O[C@H]5CC[C@@]6(C)C(=CC[C@]7(O)[C@@H]6C[C@@H](OC(=O)C=Cc6ccccc6)[C@@]6(C)[C@]7(O)CC[C@@]6(O)[C@H](C)OC(=O)c6cccnc6)C5)O[C@@H]4C)O[C@@H]3C)C[C@H]2OC)O[C@H](C)[C@H]1O. The van der Waals surface area contributed by atoms with Crippen molar-refractivity contribution in [1.29, 1.82) is 0 Å². The summed E-state index contributed by atoms with van der Waals surface area (Å²) in [5, 5.41) is 61.2. The Labute approximate surface area is 504 Å². The van der Waals surface area contributed by atoms with Gasteiger partial charge in [0.2, 0.25) is 0 Å². The number of esters is 2. The van der Waals surface area contributed by atoms with Gasteiger partial charge in [0, 0.05) is 72.1 Å². The number of ether oxygens (including phenoxy) is 14. The summed E-state index contributed by atoms with van der Waals surface area (Å²) in [6.07, 6.45) is -3.73. The van der Waals surface area contributed by atoms with Crippen LogP contribution in [0.4, 0.5) is 0 Å². The lowest BCUT2D eigenvalue weighted by molar-refractivity contribution is -0.356. The summed E-state index contributed by atoms with van der Waals surface area (Å²) >= 11 is 0. The molecule has 22 nitrogen and oxygen atoms in total. The molecule has 2 aromatic rings. The molecular formula is C64H91NO21. The van der Waals surface area contributed by atoms with Crippen LogP contribution in [0.25, 0.3) is 6.08 Å². The second-order valence-corrected chi connectivity index (χ2v) is 25.5. The van der Waals surface area contributed by atoms with Gasteiger partial charge in [-0.3, -0.25) is 4.98 Å². The standard InChI is InChI=1S/C64H91NO21/c1-34-52(67)57(76-11)53(68)59(80-34)86-56-37(4)79-51(31-45(56)75-10)85-55-36(3)78-50(30-44(55)74-9)84-54-35(2)77-49(29-43(54)73-8)82-42-22-23-60(6)41(28-42)21-24-63(71)46(60)32-47(83-48(66)20-19-39-16-13-12-14-17-39)61(7)62(70,25-26-64(61,63)72)38(5)81-58(69)40-18-15-27-65-33-40/h12-21,27,33-38,42-47,49-57,59,67-68,70-72H,22-26,28-32H2,1-11H3/t34-,35-,36-,37-,38+,42+,43+,44+,45-,46-,47-,49+,50+,51+,52-,53-,54-,55-,56-,57+,59+,60+,61-,62-,63+,64-/m1/s1. The van der Waals surface area contributed by atoms with E-state index in [1.807, 2.05) is 57.2 Å². The maximum absolute atomic E-state index is 14.0. The van der Waals surface area contributed by atoms with Gasteiger partial charge in [-0.05, 0) is 109 Å². The third kappa shape index (κ3) is 11.9. The van der Waals surface area contributed by atoms with Gasteiger partial charge in [-0.25, -0.2) is 9.59 Å². The van der Waals surface area contributed by atoms with E-state index in [4.69, 9.17) is 66.3 Å². The van der Waals surface area contributed by atoms with Crippen LogP contribution in [-0.4, -0.2) is 211 Å². The molecule has 3 saturated carbocycles. The lowest BCUT2D eigenvalue weighted by Crippen LogP contribution is -2.78. The maximum Gasteiger partial charge on any atom is 0.340 e. The first-order valence-electron chi connectivity index (χ1n) is 30.6. The van der Waals surface area contributed by atoms with E-state index < -0.39 is 162 Å². The van der Waals surface area contributed by atoms with Crippen LogP contribution < -0.4 is 0 Å². The fourth-order valence-electron chi connectivity index (χ4n) is 16.0. The van der Waals surface area contributed by atoms with E-state index in [1.54, 1.807) is 60.3 Å². The fourth-order valence-corrected chi connectivity index (χ4v) is 16.0. The van der Waals surface area contributed by atoms with E-state index in [0.717, 1.165) is 11.1 Å². The Kier molecular flexibility index (Phi) is 19.8. The molecule has 4 saturated heterocycles. The highest BCUT2D eigenvalue weighted by Gasteiger charge is 2.81. The van der Waals surface area contributed by atoms with Crippen molar-refractivity contribution < 1.29 is 101 Å². The zero-order valence-corrected chi connectivity index (χ0v) is 51.3. The van der Waals surface area contributed by atoms with Gasteiger partial charge in [0.15, 0.2) is 25.2 Å². The van der Waals surface area contributed by atoms with Crippen LogP contribution in [0, 0.1) is 16.7 Å². The van der Waals surface area contributed by atoms with Crippen molar-refractivity contribution in [3.8, 4) is 0 Å². The summed E-state index contributed by atoms with van der Waals surface area (Å²) in [4.78, 5) is 31.5. The van der Waals surface area contributed by atoms with Gasteiger partial charge in [0.25, 0.3) is 0 Å². The van der Waals surface area contributed by atoms with Crippen LogP contribution >= 0.6 is 0 Å². The molecule has 0 unspecified atom stereocenters. The average molecular weight is 1210 g/mol. The molecular weight excluding hydrogens is 1120 g/mol. The number of aliphatic hydroxyl groups excluding tert-OH is 2. The fraction of sp³-hybridized carbons (Fsp3) is 0.734. The Morgan fingerprint density at radius 3 is 1.85 bits per heavy atom.